The maximum absolute atomic E-state index is 10.7. The second-order valence-corrected chi connectivity index (χ2v) is 6.57. The van der Waals surface area contributed by atoms with Gasteiger partial charge in [-0.15, -0.1) is 0 Å². The van der Waals surface area contributed by atoms with Gasteiger partial charge in [0.15, 0.2) is 0 Å². The monoisotopic (exact) mass is 321 g/mol. The summed E-state index contributed by atoms with van der Waals surface area (Å²) in [5.41, 5.74) is 3.48. The van der Waals surface area contributed by atoms with Crippen molar-refractivity contribution in [3.05, 3.63) is 58.9 Å². The molecule has 2 aromatic rings. The lowest BCUT2D eigenvalue weighted by Crippen LogP contribution is -2.26. The fourth-order valence-electron chi connectivity index (χ4n) is 2.73. The molecule has 0 atom stereocenters. The summed E-state index contributed by atoms with van der Waals surface area (Å²) in [5, 5.41) is 8.76. The van der Waals surface area contributed by atoms with Crippen LogP contribution in [0.2, 0.25) is 0 Å². The van der Waals surface area contributed by atoms with Gasteiger partial charge in [0, 0.05) is 17.3 Å². The van der Waals surface area contributed by atoms with Crippen LogP contribution in [0, 0.1) is 11.8 Å². The van der Waals surface area contributed by atoms with Crippen molar-refractivity contribution in [3.63, 3.8) is 0 Å². The van der Waals surface area contributed by atoms with Crippen molar-refractivity contribution < 1.29 is 14.6 Å². The van der Waals surface area contributed by atoms with Crippen LogP contribution in [0.1, 0.15) is 42.7 Å². The Balaban J connectivity index is 1.82. The Morgan fingerprint density at radius 1 is 1.29 bits per heavy atom. The number of pyridine rings is 1. The van der Waals surface area contributed by atoms with Crippen LogP contribution in [0.4, 0.5) is 0 Å². The zero-order chi connectivity index (χ0) is 17.2. The number of aliphatic carboxylic acids is 1. The van der Waals surface area contributed by atoms with Crippen molar-refractivity contribution in [2.45, 2.75) is 32.1 Å². The first kappa shape index (κ1) is 16.1. The van der Waals surface area contributed by atoms with Crippen molar-refractivity contribution in [2.24, 2.45) is 0 Å². The molecule has 0 unspecified atom stereocenters. The Labute approximate surface area is 141 Å². The molecule has 1 aliphatic rings. The topological polar surface area (TPSA) is 59.4 Å². The van der Waals surface area contributed by atoms with Crippen molar-refractivity contribution in [1.82, 2.24) is 4.98 Å². The van der Waals surface area contributed by atoms with Gasteiger partial charge in [-0.25, -0.2) is 4.98 Å². The molecular weight excluding hydrogens is 302 g/mol. The summed E-state index contributed by atoms with van der Waals surface area (Å²) in [6.45, 7) is 5.18. The molecule has 1 aromatic carbocycles. The molecule has 0 spiro atoms. The van der Waals surface area contributed by atoms with E-state index in [0.717, 1.165) is 24.3 Å². The van der Waals surface area contributed by atoms with Crippen molar-refractivity contribution in [2.75, 3.05) is 6.61 Å². The summed E-state index contributed by atoms with van der Waals surface area (Å²) >= 11 is 0. The number of carbonyl (C=O) groups is 1. The minimum absolute atomic E-state index is 0.0272. The molecule has 24 heavy (non-hydrogen) atoms. The number of aromatic nitrogens is 1. The minimum atomic E-state index is -0.866. The van der Waals surface area contributed by atoms with E-state index >= 15 is 0 Å². The molecule has 3 rings (SSSR count). The summed E-state index contributed by atoms with van der Waals surface area (Å²) in [6, 6.07) is 9.50. The molecular formula is C20H19NO3. The third-order valence-electron chi connectivity index (χ3n) is 4.21. The van der Waals surface area contributed by atoms with E-state index < -0.39 is 5.97 Å². The molecule has 0 radical (unpaired) electrons. The Bertz CT molecular complexity index is 826. The number of rotatable bonds is 2. The second kappa shape index (κ2) is 6.37. The average molecular weight is 321 g/mol. The van der Waals surface area contributed by atoms with Crippen LogP contribution in [0.25, 0.3) is 0 Å². The van der Waals surface area contributed by atoms with E-state index in [9.17, 15) is 4.79 Å². The largest absolute Gasteiger partial charge is 0.493 e. The lowest BCUT2D eigenvalue weighted by atomic mass is 9.79. The van der Waals surface area contributed by atoms with E-state index in [0.29, 0.717) is 11.3 Å². The Morgan fingerprint density at radius 2 is 2.12 bits per heavy atom. The maximum Gasteiger partial charge on any atom is 0.307 e. The van der Waals surface area contributed by atoms with Crippen molar-refractivity contribution >= 4 is 5.97 Å². The van der Waals surface area contributed by atoms with Gasteiger partial charge in [-0.1, -0.05) is 25.8 Å². The summed E-state index contributed by atoms with van der Waals surface area (Å²) < 4.78 is 5.71. The predicted molar refractivity (Wildman–Crippen MR) is 91.1 cm³/mol. The first-order valence-electron chi connectivity index (χ1n) is 7.90. The molecule has 1 aromatic heterocycles. The van der Waals surface area contributed by atoms with Crippen LogP contribution in [0.5, 0.6) is 5.75 Å². The number of nitrogens with zero attached hydrogens (tertiary/aromatic N) is 1. The number of hydrogen-bond acceptors (Lipinski definition) is 3. The second-order valence-electron chi connectivity index (χ2n) is 6.57. The average Bonchev–Trinajstić information content (AvgIpc) is 2.54. The Hall–Kier alpha value is -2.80. The fourth-order valence-corrected chi connectivity index (χ4v) is 2.73. The first-order valence-corrected chi connectivity index (χ1v) is 7.90. The van der Waals surface area contributed by atoms with Crippen LogP contribution < -0.4 is 4.74 Å². The molecule has 0 amide bonds. The molecule has 4 nitrogen and oxygen atoms in total. The third kappa shape index (κ3) is 3.57. The first-order chi connectivity index (χ1) is 11.4. The van der Waals surface area contributed by atoms with Gasteiger partial charge in [-0.2, -0.15) is 0 Å². The standard InChI is InChI=1S/C20H19NO3/c1-20(2)9-10-24-18-8-5-14(11-17(18)20)3-6-16-7-4-15(13-21-16)12-19(22)23/h4-5,7-8,11,13H,9-10,12H2,1-2H3,(H,22,23). The van der Waals surface area contributed by atoms with Crippen LogP contribution in [0.15, 0.2) is 36.5 Å². The zero-order valence-corrected chi connectivity index (χ0v) is 13.8. The molecule has 0 aliphatic carbocycles. The highest BCUT2D eigenvalue weighted by atomic mass is 16.5. The molecule has 2 heterocycles. The smallest absolute Gasteiger partial charge is 0.307 e. The van der Waals surface area contributed by atoms with Crippen LogP contribution in [0.3, 0.4) is 0 Å². The number of hydrogen-bond donors (Lipinski definition) is 1. The Kier molecular flexibility index (Phi) is 4.26. The lowest BCUT2D eigenvalue weighted by Gasteiger charge is -2.32. The molecule has 0 saturated carbocycles. The molecule has 4 heteroatoms. The number of benzene rings is 1. The van der Waals surface area contributed by atoms with E-state index in [-0.39, 0.29) is 11.8 Å². The Morgan fingerprint density at radius 3 is 2.83 bits per heavy atom. The summed E-state index contributed by atoms with van der Waals surface area (Å²) in [4.78, 5) is 14.9. The summed E-state index contributed by atoms with van der Waals surface area (Å²) in [7, 11) is 0. The number of fused-ring (bicyclic) bond motifs is 1. The highest BCUT2D eigenvalue weighted by Crippen LogP contribution is 2.38. The molecule has 0 saturated heterocycles. The number of ether oxygens (including phenoxy) is 1. The van der Waals surface area contributed by atoms with E-state index in [1.54, 1.807) is 18.3 Å². The van der Waals surface area contributed by atoms with Crippen LogP contribution in [-0.4, -0.2) is 22.7 Å². The molecule has 0 fully saturated rings. The van der Waals surface area contributed by atoms with Crippen molar-refractivity contribution in [3.8, 4) is 17.6 Å². The van der Waals surface area contributed by atoms with Gasteiger partial charge in [0.05, 0.1) is 13.0 Å². The van der Waals surface area contributed by atoms with E-state index in [2.05, 4.69) is 36.7 Å². The predicted octanol–water partition coefficient (Wildman–Crippen LogP) is 3.17. The van der Waals surface area contributed by atoms with E-state index in [4.69, 9.17) is 9.84 Å². The highest BCUT2D eigenvalue weighted by molar-refractivity contribution is 5.70. The zero-order valence-electron chi connectivity index (χ0n) is 13.8. The highest BCUT2D eigenvalue weighted by Gasteiger charge is 2.28. The van der Waals surface area contributed by atoms with Gasteiger partial charge in [-0.3, -0.25) is 4.79 Å². The third-order valence-corrected chi connectivity index (χ3v) is 4.21. The maximum atomic E-state index is 10.7. The fraction of sp³-hybridized carbons (Fsp3) is 0.300. The van der Waals surface area contributed by atoms with Gasteiger partial charge < -0.3 is 9.84 Å². The minimum Gasteiger partial charge on any atom is -0.493 e. The number of carboxylic acids is 1. The molecule has 1 N–H and O–H groups in total. The van der Waals surface area contributed by atoms with E-state index in [1.165, 1.54) is 5.56 Å². The van der Waals surface area contributed by atoms with E-state index in [1.807, 2.05) is 12.1 Å². The van der Waals surface area contributed by atoms with Gasteiger partial charge >= 0.3 is 5.97 Å². The summed E-state index contributed by atoms with van der Waals surface area (Å²) in [5.74, 6) is 6.22. The number of carboxylic acid groups (broad SMARTS) is 1. The molecule has 1 aliphatic heterocycles. The normalized spacial score (nSPS) is 14.8. The van der Waals surface area contributed by atoms with Crippen LogP contribution in [-0.2, 0) is 16.6 Å². The van der Waals surface area contributed by atoms with Gasteiger partial charge in [0.25, 0.3) is 0 Å². The van der Waals surface area contributed by atoms with Gasteiger partial charge in [0.1, 0.15) is 11.4 Å². The van der Waals surface area contributed by atoms with Crippen LogP contribution >= 0.6 is 0 Å². The van der Waals surface area contributed by atoms with Crippen molar-refractivity contribution in [1.29, 1.82) is 0 Å². The summed E-state index contributed by atoms with van der Waals surface area (Å²) in [6.07, 6.45) is 2.52. The SMILES string of the molecule is CC1(C)CCOc2ccc(C#Cc3ccc(CC(=O)O)cn3)cc21. The molecule has 122 valence electrons. The van der Waals surface area contributed by atoms with Gasteiger partial charge in [0.2, 0.25) is 0 Å². The van der Waals surface area contributed by atoms with Gasteiger partial charge in [-0.05, 0) is 47.6 Å². The molecule has 0 bridgehead atoms. The lowest BCUT2D eigenvalue weighted by molar-refractivity contribution is -0.136. The quantitative estimate of drug-likeness (QED) is 0.863.